The van der Waals surface area contributed by atoms with Crippen molar-refractivity contribution in [3.05, 3.63) is 18.2 Å². The first-order valence-corrected chi connectivity index (χ1v) is 5.71. The van der Waals surface area contributed by atoms with Gasteiger partial charge in [-0.2, -0.15) is 0 Å². The van der Waals surface area contributed by atoms with Crippen molar-refractivity contribution in [3.8, 4) is 0 Å². The minimum Gasteiger partial charge on any atom is -0.481 e. The zero-order valence-corrected chi connectivity index (χ0v) is 10.6. The molecule has 0 aromatic carbocycles. The second-order valence-electron chi connectivity index (χ2n) is 4.23. The smallest absolute Gasteiger partial charge is 0.315 e. The largest absolute Gasteiger partial charge is 0.481 e. The van der Waals surface area contributed by atoms with Gasteiger partial charge < -0.3 is 20.7 Å². The Morgan fingerprint density at radius 2 is 2.00 bits per heavy atom. The van der Waals surface area contributed by atoms with Gasteiger partial charge in [0.25, 0.3) is 0 Å². The number of H-pyrrole nitrogens is 1. The van der Waals surface area contributed by atoms with Gasteiger partial charge in [-0.3, -0.25) is 4.79 Å². The highest BCUT2D eigenvalue weighted by atomic mass is 16.4. The number of carboxylic acid groups (broad SMARTS) is 1. The molecular weight excluding hydrogens is 236 g/mol. The number of carboxylic acids is 1. The van der Waals surface area contributed by atoms with E-state index in [9.17, 15) is 9.59 Å². The van der Waals surface area contributed by atoms with E-state index in [1.54, 1.807) is 33.2 Å². The maximum atomic E-state index is 11.6. The maximum absolute atomic E-state index is 11.6. The van der Waals surface area contributed by atoms with Crippen molar-refractivity contribution >= 4 is 12.0 Å². The second-order valence-corrected chi connectivity index (χ2v) is 4.23. The van der Waals surface area contributed by atoms with Gasteiger partial charge in [0.2, 0.25) is 0 Å². The molecule has 0 spiro atoms. The topological polar surface area (TPSA) is 107 Å². The summed E-state index contributed by atoms with van der Waals surface area (Å²) in [4.78, 5) is 29.3. The first-order chi connectivity index (χ1) is 8.41. The summed E-state index contributed by atoms with van der Waals surface area (Å²) in [5.41, 5.74) is 0. The molecule has 0 aliphatic carbocycles. The molecule has 7 heteroatoms. The van der Waals surface area contributed by atoms with Crippen LogP contribution in [0.25, 0.3) is 0 Å². The van der Waals surface area contributed by atoms with Crippen LogP contribution in [-0.2, 0) is 4.79 Å². The number of nitrogens with one attached hydrogen (secondary N) is 3. The second kappa shape index (κ2) is 6.04. The standard InChI is InChI=1S/C11H18N4O3/c1-6(10(16)17)7(2)14-11(18)15-8(3)9-12-4-5-13-9/h4-8H,1-3H3,(H,12,13)(H,16,17)(H2,14,15,18). The van der Waals surface area contributed by atoms with E-state index in [4.69, 9.17) is 5.11 Å². The first kappa shape index (κ1) is 14.0. The molecule has 1 heterocycles. The first-order valence-electron chi connectivity index (χ1n) is 5.71. The van der Waals surface area contributed by atoms with Gasteiger partial charge in [-0.15, -0.1) is 0 Å². The molecule has 2 amide bonds. The Bertz CT molecular complexity index is 404. The number of amides is 2. The number of carbonyl (C=O) groups excluding carboxylic acids is 1. The minimum absolute atomic E-state index is 0.271. The van der Waals surface area contributed by atoms with Crippen LogP contribution in [0.1, 0.15) is 32.6 Å². The summed E-state index contributed by atoms with van der Waals surface area (Å²) >= 11 is 0. The number of imidazole rings is 1. The van der Waals surface area contributed by atoms with Crippen LogP contribution < -0.4 is 10.6 Å². The van der Waals surface area contributed by atoms with Crippen LogP contribution in [0.2, 0.25) is 0 Å². The quantitative estimate of drug-likeness (QED) is 0.625. The zero-order chi connectivity index (χ0) is 13.7. The van der Waals surface area contributed by atoms with Crippen molar-refractivity contribution < 1.29 is 14.7 Å². The van der Waals surface area contributed by atoms with E-state index in [0.29, 0.717) is 5.82 Å². The molecule has 18 heavy (non-hydrogen) atoms. The van der Waals surface area contributed by atoms with Crippen molar-refractivity contribution in [1.29, 1.82) is 0 Å². The number of rotatable bonds is 5. The number of aromatic amines is 1. The number of aromatic nitrogens is 2. The lowest BCUT2D eigenvalue weighted by Crippen LogP contribution is -2.46. The summed E-state index contributed by atoms with van der Waals surface area (Å²) in [6.45, 7) is 4.98. The molecule has 0 saturated heterocycles. The highest BCUT2D eigenvalue weighted by molar-refractivity contribution is 5.76. The Balaban J connectivity index is 2.44. The fourth-order valence-electron chi connectivity index (χ4n) is 1.37. The summed E-state index contributed by atoms with van der Waals surface area (Å²) in [5.74, 6) is -0.944. The number of aliphatic carboxylic acids is 1. The zero-order valence-electron chi connectivity index (χ0n) is 10.6. The van der Waals surface area contributed by atoms with Crippen LogP contribution in [0.15, 0.2) is 12.4 Å². The molecule has 0 bridgehead atoms. The molecule has 1 rings (SSSR count). The molecule has 0 radical (unpaired) electrons. The van der Waals surface area contributed by atoms with Crippen molar-refractivity contribution in [2.45, 2.75) is 32.9 Å². The molecule has 0 aliphatic rings. The van der Waals surface area contributed by atoms with Gasteiger partial charge in [-0.25, -0.2) is 9.78 Å². The highest BCUT2D eigenvalue weighted by Gasteiger charge is 2.21. The molecule has 7 nitrogen and oxygen atoms in total. The van der Waals surface area contributed by atoms with Gasteiger partial charge in [-0.1, -0.05) is 0 Å². The molecule has 0 aliphatic heterocycles. The third kappa shape index (κ3) is 3.76. The predicted octanol–water partition coefficient (Wildman–Crippen LogP) is 0.879. The lowest BCUT2D eigenvalue weighted by Gasteiger charge is -2.19. The minimum atomic E-state index is -0.943. The maximum Gasteiger partial charge on any atom is 0.315 e. The summed E-state index contributed by atoms with van der Waals surface area (Å²) < 4.78 is 0. The number of nitrogens with zero attached hydrogens (tertiary/aromatic N) is 1. The Morgan fingerprint density at radius 1 is 1.33 bits per heavy atom. The number of hydrogen-bond acceptors (Lipinski definition) is 3. The van der Waals surface area contributed by atoms with Crippen LogP contribution in [0, 0.1) is 5.92 Å². The van der Waals surface area contributed by atoms with Crippen molar-refractivity contribution in [3.63, 3.8) is 0 Å². The van der Waals surface area contributed by atoms with Crippen molar-refractivity contribution in [2.75, 3.05) is 0 Å². The van der Waals surface area contributed by atoms with Crippen LogP contribution in [0.3, 0.4) is 0 Å². The Morgan fingerprint density at radius 3 is 2.50 bits per heavy atom. The summed E-state index contributed by atoms with van der Waals surface area (Å²) in [6.07, 6.45) is 3.26. The van der Waals surface area contributed by atoms with Gasteiger partial charge >= 0.3 is 12.0 Å². The Kier molecular flexibility index (Phi) is 4.70. The van der Waals surface area contributed by atoms with Crippen LogP contribution >= 0.6 is 0 Å². The molecule has 0 saturated carbocycles. The van der Waals surface area contributed by atoms with E-state index in [1.807, 2.05) is 0 Å². The SMILES string of the molecule is CC(NC(=O)NC(C)C(C)C(=O)O)c1ncc[nH]1. The normalized spacial score (nSPS) is 15.5. The highest BCUT2D eigenvalue weighted by Crippen LogP contribution is 2.06. The van der Waals surface area contributed by atoms with E-state index in [-0.39, 0.29) is 6.04 Å². The van der Waals surface area contributed by atoms with Crippen molar-refractivity contribution in [2.24, 2.45) is 5.92 Å². The van der Waals surface area contributed by atoms with E-state index < -0.39 is 24.0 Å². The molecule has 0 fully saturated rings. The van der Waals surface area contributed by atoms with E-state index >= 15 is 0 Å². The molecule has 1 aromatic heterocycles. The lowest BCUT2D eigenvalue weighted by atomic mass is 10.0. The average Bonchev–Trinajstić information content (AvgIpc) is 2.80. The Hall–Kier alpha value is -2.05. The monoisotopic (exact) mass is 254 g/mol. The number of hydrogen-bond donors (Lipinski definition) is 4. The molecule has 4 N–H and O–H groups in total. The number of carbonyl (C=O) groups is 2. The van der Waals surface area contributed by atoms with Gasteiger partial charge in [0, 0.05) is 18.4 Å². The summed E-state index contributed by atoms with van der Waals surface area (Å²) in [6, 6.07) is -1.14. The molecule has 1 aromatic rings. The molecular formula is C11H18N4O3. The third-order valence-corrected chi connectivity index (χ3v) is 2.78. The third-order valence-electron chi connectivity index (χ3n) is 2.78. The fourth-order valence-corrected chi connectivity index (χ4v) is 1.37. The predicted molar refractivity (Wildman–Crippen MR) is 64.9 cm³/mol. The molecule has 3 atom stereocenters. The van der Waals surface area contributed by atoms with Gasteiger partial charge in [-0.05, 0) is 20.8 Å². The number of urea groups is 1. The molecule has 3 unspecified atom stereocenters. The van der Waals surface area contributed by atoms with Crippen LogP contribution in [-0.4, -0.2) is 33.1 Å². The van der Waals surface area contributed by atoms with E-state index in [2.05, 4.69) is 20.6 Å². The lowest BCUT2D eigenvalue weighted by molar-refractivity contribution is -0.141. The van der Waals surface area contributed by atoms with E-state index in [1.165, 1.54) is 0 Å². The summed E-state index contributed by atoms with van der Waals surface area (Å²) in [5, 5.41) is 14.1. The van der Waals surface area contributed by atoms with Crippen LogP contribution in [0.4, 0.5) is 4.79 Å². The van der Waals surface area contributed by atoms with Gasteiger partial charge in [0.1, 0.15) is 5.82 Å². The fraction of sp³-hybridized carbons (Fsp3) is 0.545. The van der Waals surface area contributed by atoms with Crippen LogP contribution in [0.5, 0.6) is 0 Å². The van der Waals surface area contributed by atoms with Gasteiger partial charge in [0.05, 0.1) is 12.0 Å². The average molecular weight is 254 g/mol. The molecule has 100 valence electrons. The van der Waals surface area contributed by atoms with E-state index in [0.717, 1.165) is 0 Å². The Labute approximate surface area is 105 Å². The summed E-state index contributed by atoms with van der Waals surface area (Å²) in [7, 11) is 0. The van der Waals surface area contributed by atoms with Gasteiger partial charge in [0.15, 0.2) is 0 Å². The van der Waals surface area contributed by atoms with Crippen molar-refractivity contribution in [1.82, 2.24) is 20.6 Å².